The number of rotatable bonds is 1. The summed E-state index contributed by atoms with van der Waals surface area (Å²) in [6, 6.07) is 1.92. The molecular formula is C9H7BrN2O2. The van der Waals surface area contributed by atoms with Crippen molar-refractivity contribution in [2.75, 3.05) is 0 Å². The monoisotopic (exact) mass is 254 g/mol. The Morgan fingerprint density at radius 3 is 3.00 bits per heavy atom. The largest absolute Gasteiger partial charge is 0.475 e. The summed E-state index contributed by atoms with van der Waals surface area (Å²) in [5.41, 5.74) is 1.80. The highest BCUT2D eigenvalue weighted by molar-refractivity contribution is 9.10. The number of aryl methyl sites for hydroxylation is 1. The molecule has 4 nitrogen and oxygen atoms in total. The molecular weight excluding hydrogens is 248 g/mol. The molecule has 2 aromatic heterocycles. The SMILES string of the molecule is Cc1cc(Br)cn2c(C(=O)O)ncc12. The van der Waals surface area contributed by atoms with Crippen molar-refractivity contribution in [3.8, 4) is 0 Å². The second-order valence-corrected chi connectivity index (χ2v) is 3.90. The van der Waals surface area contributed by atoms with E-state index in [0.717, 1.165) is 15.6 Å². The van der Waals surface area contributed by atoms with Gasteiger partial charge in [0.15, 0.2) is 0 Å². The minimum Gasteiger partial charge on any atom is -0.475 e. The van der Waals surface area contributed by atoms with Gasteiger partial charge in [-0.1, -0.05) is 0 Å². The van der Waals surface area contributed by atoms with Crippen LogP contribution in [0.25, 0.3) is 5.52 Å². The number of halogens is 1. The number of aromatic nitrogens is 2. The third-order valence-corrected chi connectivity index (χ3v) is 2.43. The Morgan fingerprint density at radius 2 is 2.36 bits per heavy atom. The number of aromatic carboxylic acids is 1. The number of fused-ring (bicyclic) bond motifs is 1. The fourth-order valence-electron chi connectivity index (χ4n) is 1.38. The lowest BCUT2D eigenvalue weighted by Gasteiger charge is -2.00. The minimum atomic E-state index is -1.03. The third-order valence-electron chi connectivity index (χ3n) is 2.00. The number of nitrogens with zero attached hydrogens (tertiary/aromatic N) is 2. The van der Waals surface area contributed by atoms with Crippen LogP contribution >= 0.6 is 15.9 Å². The zero-order chi connectivity index (χ0) is 10.3. The summed E-state index contributed by atoms with van der Waals surface area (Å²) >= 11 is 3.31. The van der Waals surface area contributed by atoms with Crippen molar-refractivity contribution in [3.05, 3.63) is 34.3 Å². The molecule has 0 bridgehead atoms. The number of hydrogen-bond acceptors (Lipinski definition) is 2. The molecule has 14 heavy (non-hydrogen) atoms. The Bertz CT molecular complexity index is 519. The van der Waals surface area contributed by atoms with E-state index in [1.165, 1.54) is 0 Å². The number of carboxylic acids is 1. The van der Waals surface area contributed by atoms with Gasteiger partial charge in [0.1, 0.15) is 0 Å². The average Bonchev–Trinajstić information content (AvgIpc) is 2.47. The fourth-order valence-corrected chi connectivity index (χ4v) is 1.93. The molecule has 1 N–H and O–H groups in total. The predicted molar refractivity (Wildman–Crippen MR) is 54.6 cm³/mol. The molecule has 2 aromatic rings. The molecule has 5 heteroatoms. The van der Waals surface area contributed by atoms with E-state index in [0.29, 0.717) is 0 Å². The van der Waals surface area contributed by atoms with Crippen LogP contribution < -0.4 is 0 Å². The highest BCUT2D eigenvalue weighted by atomic mass is 79.9. The molecule has 2 heterocycles. The molecule has 72 valence electrons. The van der Waals surface area contributed by atoms with Gasteiger partial charge in [0, 0.05) is 10.7 Å². The maximum Gasteiger partial charge on any atom is 0.372 e. The second kappa shape index (κ2) is 3.09. The molecule has 0 fully saturated rings. The van der Waals surface area contributed by atoms with Crippen LogP contribution in [0.2, 0.25) is 0 Å². The van der Waals surface area contributed by atoms with Gasteiger partial charge in [-0.2, -0.15) is 0 Å². The topological polar surface area (TPSA) is 54.6 Å². The molecule has 0 aromatic carbocycles. The lowest BCUT2D eigenvalue weighted by molar-refractivity contribution is 0.0683. The number of carboxylic acid groups (broad SMARTS) is 1. The van der Waals surface area contributed by atoms with Crippen LogP contribution in [-0.2, 0) is 0 Å². The van der Waals surface area contributed by atoms with E-state index in [4.69, 9.17) is 5.11 Å². The van der Waals surface area contributed by atoms with Crippen LogP contribution in [0.5, 0.6) is 0 Å². The number of imidazole rings is 1. The maximum absolute atomic E-state index is 10.8. The Kier molecular flexibility index (Phi) is 2.03. The summed E-state index contributed by atoms with van der Waals surface area (Å²) in [6.45, 7) is 1.91. The molecule has 0 saturated heterocycles. The normalized spacial score (nSPS) is 10.7. The Labute approximate surface area is 88.3 Å². The quantitative estimate of drug-likeness (QED) is 0.848. The molecule has 0 radical (unpaired) electrons. The van der Waals surface area contributed by atoms with Gasteiger partial charge in [0.05, 0.1) is 11.7 Å². The first kappa shape index (κ1) is 9.21. The first-order valence-corrected chi connectivity index (χ1v) is 4.75. The maximum atomic E-state index is 10.8. The van der Waals surface area contributed by atoms with Crippen molar-refractivity contribution in [1.82, 2.24) is 9.38 Å². The van der Waals surface area contributed by atoms with Gasteiger partial charge in [0.2, 0.25) is 5.82 Å². The standard InChI is InChI=1S/C9H7BrN2O2/c1-5-2-6(10)4-12-7(5)3-11-8(12)9(13)14/h2-4H,1H3,(H,13,14). The van der Waals surface area contributed by atoms with Crippen molar-refractivity contribution in [2.24, 2.45) is 0 Å². The molecule has 0 saturated carbocycles. The van der Waals surface area contributed by atoms with Crippen LogP contribution in [0.3, 0.4) is 0 Å². The van der Waals surface area contributed by atoms with E-state index in [9.17, 15) is 4.79 Å². The smallest absolute Gasteiger partial charge is 0.372 e. The van der Waals surface area contributed by atoms with Crippen LogP contribution in [0.1, 0.15) is 16.2 Å². The van der Waals surface area contributed by atoms with Crippen LogP contribution in [0.15, 0.2) is 22.9 Å². The van der Waals surface area contributed by atoms with Crippen LogP contribution in [-0.4, -0.2) is 20.5 Å². The van der Waals surface area contributed by atoms with E-state index in [1.807, 2.05) is 13.0 Å². The van der Waals surface area contributed by atoms with Gasteiger partial charge < -0.3 is 5.11 Å². The lowest BCUT2D eigenvalue weighted by atomic mass is 10.3. The molecule has 0 aliphatic rings. The van der Waals surface area contributed by atoms with Gasteiger partial charge in [0.25, 0.3) is 0 Å². The number of carbonyl (C=O) groups is 1. The molecule has 0 amide bonds. The Hall–Kier alpha value is -1.36. The highest BCUT2D eigenvalue weighted by Gasteiger charge is 2.12. The summed E-state index contributed by atoms with van der Waals surface area (Å²) in [6.07, 6.45) is 3.25. The Morgan fingerprint density at radius 1 is 1.64 bits per heavy atom. The first-order valence-electron chi connectivity index (χ1n) is 3.96. The first-order chi connectivity index (χ1) is 6.59. The van der Waals surface area contributed by atoms with E-state index in [2.05, 4.69) is 20.9 Å². The number of pyridine rings is 1. The van der Waals surface area contributed by atoms with E-state index < -0.39 is 5.97 Å². The van der Waals surface area contributed by atoms with Gasteiger partial charge in [-0.25, -0.2) is 9.78 Å². The van der Waals surface area contributed by atoms with E-state index >= 15 is 0 Å². The van der Waals surface area contributed by atoms with Gasteiger partial charge in [-0.05, 0) is 34.5 Å². The van der Waals surface area contributed by atoms with Crippen molar-refractivity contribution in [3.63, 3.8) is 0 Å². The van der Waals surface area contributed by atoms with E-state index in [1.54, 1.807) is 16.8 Å². The van der Waals surface area contributed by atoms with Gasteiger partial charge >= 0.3 is 5.97 Å². The number of hydrogen-bond donors (Lipinski definition) is 1. The molecule has 0 spiro atoms. The minimum absolute atomic E-state index is 0.0319. The van der Waals surface area contributed by atoms with Gasteiger partial charge in [-0.15, -0.1) is 0 Å². The summed E-state index contributed by atoms with van der Waals surface area (Å²) in [4.78, 5) is 14.6. The molecule has 0 atom stereocenters. The molecule has 0 unspecified atom stereocenters. The summed E-state index contributed by atoms with van der Waals surface area (Å²) in [5, 5.41) is 8.85. The molecule has 2 rings (SSSR count). The van der Waals surface area contributed by atoms with Crippen LogP contribution in [0, 0.1) is 6.92 Å². The fraction of sp³-hybridized carbons (Fsp3) is 0.111. The third kappa shape index (κ3) is 1.29. The van der Waals surface area contributed by atoms with Crippen molar-refractivity contribution < 1.29 is 9.90 Å². The van der Waals surface area contributed by atoms with Crippen molar-refractivity contribution in [2.45, 2.75) is 6.92 Å². The van der Waals surface area contributed by atoms with Gasteiger partial charge in [-0.3, -0.25) is 4.40 Å². The lowest BCUT2D eigenvalue weighted by Crippen LogP contribution is -2.03. The molecule has 0 aliphatic heterocycles. The predicted octanol–water partition coefficient (Wildman–Crippen LogP) is 2.10. The van der Waals surface area contributed by atoms with Crippen molar-refractivity contribution >= 4 is 27.4 Å². The zero-order valence-corrected chi connectivity index (χ0v) is 8.95. The summed E-state index contributed by atoms with van der Waals surface area (Å²) < 4.78 is 2.39. The second-order valence-electron chi connectivity index (χ2n) is 2.98. The molecule has 0 aliphatic carbocycles. The van der Waals surface area contributed by atoms with Crippen LogP contribution in [0.4, 0.5) is 0 Å². The van der Waals surface area contributed by atoms with Crippen molar-refractivity contribution in [1.29, 1.82) is 0 Å². The zero-order valence-electron chi connectivity index (χ0n) is 7.36. The Balaban J connectivity index is 2.85. The highest BCUT2D eigenvalue weighted by Crippen LogP contribution is 2.18. The summed E-state index contributed by atoms with van der Waals surface area (Å²) in [5.74, 6) is -0.994. The van der Waals surface area contributed by atoms with E-state index in [-0.39, 0.29) is 5.82 Å². The summed E-state index contributed by atoms with van der Waals surface area (Å²) in [7, 11) is 0. The average molecular weight is 255 g/mol.